The molecule has 1 amide bonds. The highest BCUT2D eigenvalue weighted by atomic mass is 32.2. The van der Waals surface area contributed by atoms with Crippen molar-refractivity contribution >= 4 is 33.0 Å². The summed E-state index contributed by atoms with van der Waals surface area (Å²) in [5, 5.41) is 2.83. The maximum absolute atomic E-state index is 13.4. The molecule has 6 nitrogen and oxygen atoms in total. The van der Waals surface area contributed by atoms with E-state index in [0.717, 1.165) is 29.1 Å². The fraction of sp³-hybridized carbons (Fsp3) is 0.333. The van der Waals surface area contributed by atoms with Gasteiger partial charge in [0.25, 0.3) is 0 Å². The van der Waals surface area contributed by atoms with Crippen molar-refractivity contribution in [1.29, 1.82) is 0 Å². The van der Waals surface area contributed by atoms with Gasteiger partial charge in [-0.25, -0.2) is 17.8 Å². The Hall–Kier alpha value is -2.62. The van der Waals surface area contributed by atoms with Crippen molar-refractivity contribution in [2.24, 2.45) is 0 Å². The number of hydrogen-bond donors (Lipinski definition) is 0. The molecule has 2 aromatic carbocycles. The van der Waals surface area contributed by atoms with E-state index in [0.29, 0.717) is 31.7 Å². The summed E-state index contributed by atoms with van der Waals surface area (Å²) >= 11 is 1.52. The van der Waals surface area contributed by atoms with Crippen molar-refractivity contribution in [1.82, 2.24) is 9.29 Å². The molecule has 0 N–H and O–H groups in total. The number of thiazole rings is 1. The standard InChI is InChI=1S/C24H26FN3O3S2/c1-18-26-21(17-32-18)16-28(22-9-7-20(25)8-10-22)24(29)13-6-19-4-11-23(12-5-19)33(30,31)27-14-2-3-15-27/h4-5,7-12,17H,2-3,6,13-16H2,1H3. The molecule has 1 aliphatic rings. The zero-order valence-corrected chi connectivity index (χ0v) is 20.0. The van der Waals surface area contributed by atoms with Crippen molar-refractivity contribution in [3.63, 3.8) is 0 Å². The second-order valence-electron chi connectivity index (χ2n) is 8.07. The number of amides is 1. The predicted molar refractivity (Wildman–Crippen MR) is 127 cm³/mol. The summed E-state index contributed by atoms with van der Waals surface area (Å²) in [4.78, 5) is 19.5. The molecule has 1 aliphatic heterocycles. The van der Waals surface area contributed by atoms with Gasteiger partial charge in [-0.05, 0) is 68.1 Å². The van der Waals surface area contributed by atoms with Crippen LogP contribution >= 0.6 is 11.3 Å². The maximum atomic E-state index is 13.4. The van der Waals surface area contributed by atoms with Gasteiger partial charge in [0.2, 0.25) is 15.9 Å². The van der Waals surface area contributed by atoms with Crippen LogP contribution in [0.1, 0.15) is 35.5 Å². The van der Waals surface area contributed by atoms with Crippen molar-refractivity contribution in [3.8, 4) is 0 Å². The number of aromatic nitrogens is 1. The van der Waals surface area contributed by atoms with Gasteiger partial charge in [-0.3, -0.25) is 4.79 Å². The zero-order valence-electron chi connectivity index (χ0n) is 18.4. The normalized spacial score (nSPS) is 14.5. The molecule has 0 radical (unpaired) electrons. The molecule has 0 unspecified atom stereocenters. The molecule has 0 spiro atoms. The fourth-order valence-electron chi connectivity index (χ4n) is 3.88. The van der Waals surface area contributed by atoms with Crippen LogP contribution in [0.25, 0.3) is 0 Å². The topological polar surface area (TPSA) is 70.6 Å². The Kier molecular flexibility index (Phi) is 7.21. The average molecular weight is 488 g/mol. The highest BCUT2D eigenvalue weighted by Crippen LogP contribution is 2.23. The third kappa shape index (κ3) is 5.66. The van der Waals surface area contributed by atoms with Gasteiger partial charge in [-0.1, -0.05) is 12.1 Å². The number of halogens is 1. The number of rotatable bonds is 8. The molecule has 0 saturated carbocycles. The minimum Gasteiger partial charge on any atom is -0.306 e. The molecule has 33 heavy (non-hydrogen) atoms. The minimum absolute atomic E-state index is 0.110. The van der Waals surface area contributed by atoms with Crippen LogP contribution in [0.15, 0.2) is 58.8 Å². The number of aryl methyl sites for hydroxylation is 2. The van der Waals surface area contributed by atoms with E-state index in [4.69, 9.17) is 0 Å². The second-order valence-corrected chi connectivity index (χ2v) is 11.1. The summed E-state index contributed by atoms with van der Waals surface area (Å²) in [7, 11) is -3.45. The van der Waals surface area contributed by atoms with E-state index in [2.05, 4.69) is 4.98 Å². The quantitative estimate of drug-likeness (QED) is 0.468. The lowest BCUT2D eigenvalue weighted by atomic mass is 10.1. The van der Waals surface area contributed by atoms with E-state index < -0.39 is 10.0 Å². The largest absolute Gasteiger partial charge is 0.306 e. The molecule has 1 fully saturated rings. The summed E-state index contributed by atoms with van der Waals surface area (Å²) in [6, 6.07) is 12.6. The average Bonchev–Trinajstić information content (AvgIpc) is 3.49. The zero-order chi connectivity index (χ0) is 23.4. The van der Waals surface area contributed by atoms with E-state index in [9.17, 15) is 17.6 Å². The maximum Gasteiger partial charge on any atom is 0.243 e. The second kappa shape index (κ2) is 10.1. The summed E-state index contributed by atoms with van der Waals surface area (Å²) in [6.45, 7) is 3.35. The van der Waals surface area contributed by atoms with Crippen LogP contribution in [0.5, 0.6) is 0 Å². The number of carbonyl (C=O) groups excluding carboxylic acids is 1. The van der Waals surface area contributed by atoms with Crippen molar-refractivity contribution in [2.75, 3.05) is 18.0 Å². The molecule has 9 heteroatoms. The van der Waals surface area contributed by atoms with Crippen LogP contribution in [0.4, 0.5) is 10.1 Å². The first kappa shape index (κ1) is 23.5. The molecule has 2 heterocycles. The molecule has 174 valence electrons. The highest BCUT2D eigenvalue weighted by Gasteiger charge is 2.27. The molecule has 1 aromatic heterocycles. The van der Waals surface area contributed by atoms with Crippen LogP contribution < -0.4 is 4.90 Å². The van der Waals surface area contributed by atoms with Gasteiger partial charge in [0.1, 0.15) is 5.82 Å². The smallest absolute Gasteiger partial charge is 0.243 e. The van der Waals surface area contributed by atoms with Crippen LogP contribution in [0.2, 0.25) is 0 Å². The van der Waals surface area contributed by atoms with Crippen molar-refractivity contribution in [2.45, 2.75) is 44.0 Å². The van der Waals surface area contributed by atoms with Gasteiger partial charge in [0.05, 0.1) is 22.1 Å². The summed E-state index contributed by atoms with van der Waals surface area (Å²) in [5.74, 6) is -0.472. The Morgan fingerprint density at radius 1 is 1.09 bits per heavy atom. The third-order valence-corrected chi connectivity index (χ3v) is 8.41. The summed E-state index contributed by atoms with van der Waals surface area (Å²) in [6.07, 6.45) is 2.49. The number of nitrogens with zero attached hydrogens (tertiary/aromatic N) is 3. The summed E-state index contributed by atoms with van der Waals surface area (Å²) in [5.41, 5.74) is 2.28. The first-order chi connectivity index (χ1) is 15.8. The Labute approximate surface area is 197 Å². The third-order valence-electron chi connectivity index (χ3n) is 5.68. The SMILES string of the molecule is Cc1nc(CN(C(=O)CCc2ccc(S(=O)(=O)N3CCCC3)cc2)c2ccc(F)cc2)cs1. The van der Waals surface area contributed by atoms with Gasteiger partial charge in [-0.15, -0.1) is 11.3 Å². The van der Waals surface area contributed by atoms with Gasteiger partial charge in [0.15, 0.2) is 0 Å². The molecule has 3 aromatic rings. The molecule has 0 aliphatic carbocycles. The summed E-state index contributed by atoms with van der Waals surface area (Å²) < 4.78 is 40.3. The molecule has 0 atom stereocenters. The Bertz CT molecular complexity index is 1200. The van der Waals surface area contributed by atoms with E-state index in [1.54, 1.807) is 41.3 Å². The monoisotopic (exact) mass is 487 g/mol. The number of benzene rings is 2. The Morgan fingerprint density at radius 3 is 2.36 bits per heavy atom. The van der Waals surface area contributed by atoms with Crippen molar-refractivity contribution in [3.05, 3.63) is 76.0 Å². The molecule has 0 bridgehead atoms. The number of hydrogen-bond acceptors (Lipinski definition) is 5. The molecular weight excluding hydrogens is 461 g/mol. The van der Waals surface area contributed by atoms with Gasteiger partial charge in [-0.2, -0.15) is 4.31 Å². The molecule has 4 rings (SSSR count). The lowest BCUT2D eigenvalue weighted by molar-refractivity contribution is -0.118. The number of anilines is 1. The molecular formula is C24H26FN3O3S2. The Morgan fingerprint density at radius 2 is 1.76 bits per heavy atom. The fourth-order valence-corrected chi connectivity index (χ4v) is 6.00. The number of sulfonamides is 1. The van der Waals surface area contributed by atoms with Crippen LogP contribution in [-0.2, 0) is 27.8 Å². The van der Waals surface area contributed by atoms with Gasteiger partial charge >= 0.3 is 0 Å². The van der Waals surface area contributed by atoms with Gasteiger partial charge in [0, 0.05) is 30.6 Å². The van der Waals surface area contributed by atoms with Crippen LogP contribution in [0, 0.1) is 12.7 Å². The first-order valence-electron chi connectivity index (χ1n) is 10.9. The molecule has 1 saturated heterocycles. The Balaban J connectivity index is 1.45. The minimum atomic E-state index is -3.45. The van der Waals surface area contributed by atoms with Crippen molar-refractivity contribution < 1.29 is 17.6 Å². The first-order valence-corrected chi connectivity index (χ1v) is 13.2. The lowest BCUT2D eigenvalue weighted by Crippen LogP contribution is -2.30. The van der Waals surface area contributed by atoms with Crippen LogP contribution in [-0.4, -0.2) is 36.7 Å². The lowest BCUT2D eigenvalue weighted by Gasteiger charge is -2.22. The highest BCUT2D eigenvalue weighted by molar-refractivity contribution is 7.89. The van der Waals surface area contributed by atoms with E-state index in [-0.39, 0.29) is 23.0 Å². The van der Waals surface area contributed by atoms with Gasteiger partial charge < -0.3 is 4.90 Å². The number of carbonyl (C=O) groups is 1. The van der Waals surface area contributed by atoms with Crippen LogP contribution in [0.3, 0.4) is 0 Å². The van der Waals surface area contributed by atoms with E-state index in [1.165, 1.54) is 27.8 Å². The van der Waals surface area contributed by atoms with E-state index >= 15 is 0 Å². The predicted octanol–water partition coefficient (Wildman–Crippen LogP) is 4.54. The van der Waals surface area contributed by atoms with E-state index in [1.807, 2.05) is 12.3 Å².